The molecule has 3 aromatic carbocycles. The molecule has 0 bridgehead atoms. The van der Waals surface area contributed by atoms with Crippen molar-refractivity contribution in [1.82, 2.24) is 0 Å². The van der Waals surface area contributed by atoms with Crippen LogP contribution in [0, 0.1) is 0 Å². The van der Waals surface area contributed by atoms with Gasteiger partial charge in [-0.25, -0.2) is 0 Å². The Bertz CT molecular complexity index is 854. The molecule has 0 radical (unpaired) electrons. The molecule has 4 rings (SSSR count). The van der Waals surface area contributed by atoms with Gasteiger partial charge in [0, 0.05) is 0 Å². The molecule has 0 atom stereocenters. The van der Waals surface area contributed by atoms with Gasteiger partial charge < -0.3 is 0 Å². The summed E-state index contributed by atoms with van der Waals surface area (Å²) in [4.78, 5) is 0. The molecule has 0 spiro atoms. The first-order valence-corrected chi connectivity index (χ1v) is 11.1. The standard InChI is InChI=1S/C24H27P/c1-16(2)21-12-7-13-22(17(3)4)24(21)25-14-19-10-5-8-18-9-6-11-20(15-25)23(18)19/h5-13,16-17H,14-15H2,1-4H3. The van der Waals surface area contributed by atoms with Gasteiger partial charge in [0.1, 0.15) is 0 Å². The summed E-state index contributed by atoms with van der Waals surface area (Å²) in [6.45, 7) is 9.38. The number of hydrogen-bond acceptors (Lipinski definition) is 0. The summed E-state index contributed by atoms with van der Waals surface area (Å²) in [5.74, 6) is 1.17. The summed E-state index contributed by atoms with van der Waals surface area (Å²) in [7, 11) is -0.186. The van der Waals surface area contributed by atoms with Gasteiger partial charge in [0.15, 0.2) is 0 Å². The Kier molecular flexibility index (Phi) is 4.42. The van der Waals surface area contributed by atoms with Gasteiger partial charge >= 0.3 is 0 Å². The summed E-state index contributed by atoms with van der Waals surface area (Å²) in [6.07, 6.45) is 2.46. The van der Waals surface area contributed by atoms with Crippen LogP contribution in [-0.4, -0.2) is 0 Å². The molecule has 0 nitrogen and oxygen atoms in total. The van der Waals surface area contributed by atoms with Crippen LogP contribution in [0.25, 0.3) is 10.8 Å². The summed E-state index contributed by atoms with van der Waals surface area (Å²) in [5, 5.41) is 4.62. The van der Waals surface area contributed by atoms with Crippen molar-refractivity contribution in [3.63, 3.8) is 0 Å². The average molecular weight is 346 g/mol. The van der Waals surface area contributed by atoms with Gasteiger partial charge in [0.05, 0.1) is 0 Å². The van der Waals surface area contributed by atoms with Crippen LogP contribution in [0.15, 0.2) is 54.6 Å². The molecule has 25 heavy (non-hydrogen) atoms. The number of rotatable bonds is 3. The van der Waals surface area contributed by atoms with Crippen molar-refractivity contribution in [2.45, 2.75) is 51.9 Å². The smallest absolute Gasteiger partial charge is 0.00233 e. The van der Waals surface area contributed by atoms with E-state index in [1.165, 1.54) is 23.1 Å². The van der Waals surface area contributed by atoms with Crippen molar-refractivity contribution in [3.05, 3.63) is 76.9 Å². The van der Waals surface area contributed by atoms with Gasteiger partial charge in [0.25, 0.3) is 0 Å². The lowest BCUT2D eigenvalue weighted by Gasteiger charge is -2.31. The molecular weight excluding hydrogens is 319 g/mol. The Hall–Kier alpha value is -1.65. The molecule has 0 N–H and O–H groups in total. The first-order chi connectivity index (χ1) is 12.1. The van der Waals surface area contributed by atoms with E-state index in [2.05, 4.69) is 82.3 Å². The Labute approximate surface area is 153 Å². The van der Waals surface area contributed by atoms with E-state index in [0.29, 0.717) is 11.8 Å². The fraction of sp³-hybridized carbons (Fsp3) is 0.333. The lowest BCUT2D eigenvalue weighted by molar-refractivity contribution is 0.845. The van der Waals surface area contributed by atoms with Gasteiger partial charge in [-0.05, 0) is 62.5 Å². The van der Waals surface area contributed by atoms with E-state index in [9.17, 15) is 0 Å². The summed E-state index contributed by atoms with van der Waals surface area (Å²) >= 11 is 0. The van der Waals surface area contributed by atoms with E-state index < -0.39 is 0 Å². The van der Waals surface area contributed by atoms with E-state index in [1.54, 1.807) is 27.6 Å². The second-order valence-corrected chi connectivity index (χ2v) is 10.0. The highest BCUT2D eigenvalue weighted by Gasteiger charge is 2.26. The maximum atomic E-state index is 2.37. The van der Waals surface area contributed by atoms with Crippen LogP contribution >= 0.6 is 7.92 Å². The van der Waals surface area contributed by atoms with E-state index in [0.717, 1.165) is 0 Å². The third-order valence-corrected chi connectivity index (χ3v) is 8.05. The molecule has 0 aliphatic carbocycles. The first-order valence-electron chi connectivity index (χ1n) is 9.43. The highest BCUT2D eigenvalue weighted by molar-refractivity contribution is 7.64. The monoisotopic (exact) mass is 346 g/mol. The second kappa shape index (κ2) is 6.58. The summed E-state index contributed by atoms with van der Waals surface area (Å²) < 4.78 is 0. The lowest BCUT2D eigenvalue weighted by atomic mass is 9.95. The zero-order valence-corrected chi connectivity index (χ0v) is 16.6. The van der Waals surface area contributed by atoms with Crippen molar-refractivity contribution < 1.29 is 0 Å². The van der Waals surface area contributed by atoms with Crippen LogP contribution in [0.1, 0.15) is 61.8 Å². The highest BCUT2D eigenvalue weighted by Crippen LogP contribution is 2.51. The minimum atomic E-state index is -0.186. The van der Waals surface area contributed by atoms with E-state index in [1.807, 2.05) is 0 Å². The van der Waals surface area contributed by atoms with Crippen molar-refractivity contribution in [2.75, 3.05) is 0 Å². The van der Waals surface area contributed by atoms with Crippen molar-refractivity contribution in [1.29, 1.82) is 0 Å². The summed E-state index contributed by atoms with van der Waals surface area (Å²) in [6, 6.07) is 20.7. The molecule has 128 valence electrons. The van der Waals surface area contributed by atoms with Crippen LogP contribution in [0.2, 0.25) is 0 Å². The fourth-order valence-electron chi connectivity index (χ4n) is 4.27. The molecule has 1 heterocycles. The maximum absolute atomic E-state index is 2.37. The fourth-order valence-corrected chi connectivity index (χ4v) is 7.44. The molecule has 0 aromatic heterocycles. The molecule has 0 fully saturated rings. The molecule has 0 saturated heterocycles. The normalized spacial score (nSPS) is 14.6. The van der Waals surface area contributed by atoms with Crippen LogP contribution in [-0.2, 0) is 12.3 Å². The summed E-state index contributed by atoms with van der Waals surface area (Å²) in [5.41, 5.74) is 6.25. The number of benzene rings is 3. The topological polar surface area (TPSA) is 0 Å². The largest absolute Gasteiger partial charge is 0.0657 e. The Balaban J connectivity index is 1.88. The molecule has 0 amide bonds. The predicted octanol–water partition coefficient (Wildman–Crippen LogP) is 6.91. The second-order valence-electron chi connectivity index (χ2n) is 7.88. The van der Waals surface area contributed by atoms with Gasteiger partial charge in [-0.3, -0.25) is 0 Å². The van der Waals surface area contributed by atoms with E-state index in [4.69, 9.17) is 0 Å². The zero-order valence-electron chi connectivity index (χ0n) is 15.7. The molecule has 1 heteroatoms. The highest BCUT2D eigenvalue weighted by atomic mass is 31.1. The molecule has 1 aliphatic heterocycles. The molecule has 1 aliphatic rings. The minimum absolute atomic E-state index is 0.186. The molecule has 0 saturated carbocycles. The van der Waals surface area contributed by atoms with Crippen LogP contribution in [0.3, 0.4) is 0 Å². The van der Waals surface area contributed by atoms with E-state index in [-0.39, 0.29) is 7.92 Å². The first kappa shape index (κ1) is 16.8. The SMILES string of the molecule is CC(C)c1cccc(C(C)C)c1P1Cc2cccc3cccc(c23)C1. The Morgan fingerprint density at radius 2 is 1.16 bits per heavy atom. The zero-order chi connectivity index (χ0) is 17.6. The molecule has 0 unspecified atom stereocenters. The molecule has 3 aromatic rings. The molecular formula is C24H27P. The quantitative estimate of drug-likeness (QED) is 0.452. The van der Waals surface area contributed by atoms with Gasteiger partial charge in [-0.1, -0.05) is 90.2 Å². The van der Waals surface area contributed by atoms with Gasteiger partial charge in [0.2, 0.25) is 0 Å². The predicted molar refractivity (Wildman–Crippen MR) is 113 cm³/mol. The van der Waals surface area contributed by atoms with Crippen LogP contribution in [0.5, 0.6) is 0 Å². The van der Waals surface area contributed by atoms with Gasteiger partial charge in [-0.15, -0.1) is 0 Å². The van der Waals surface area contributed by atoms with E-state index >= 15 is 0 Å². The third-order valence-electron chi connectivity index (χ3n) is 5.46. The average Bonchev–Trinajstić information content (AvgIpc) is 2.61. The van der Waals surface area contributed by atoms with Crippen LogP contribution in [0.4, 0.5) is 0 Å². The lowest BCUT2D eigenvalue weighted by Crippen LogP contribution is -2.20. The van der Waals surface area contributed by atoms with Crippen molar-refractivity contribution in [3.8, 4) is 0 Å². The van der Waals surface area contributed by atoms with Gasteiger partial charge in [-0.2, -0.15) is 0 Å². The maximum Gasteiger partial charge on any atom is -0.00233 e. The van der Waals surface area contributed by atoms with Crippen molar-refractivity contribution in [2.24, 2.45) is 0 Å². The third kappa shape index (κ3) is 2.91. The van der Waals surface area contributed by atoms with Crippen molar-refractivity contribution >= 4 is 24.0 Å². The minimum Gasteiger partial charge on any atom is -0.0657 e. The number of hydrogen-bond donors (Lipinski definition) is 0. The van der Waals surface area contributed by atoms with Crippen LogP contribution < -0.4 is 5.30 Å². The Morgan fingerprint density at radius 1 is 0.680 bits per heavy atom. The Morgan fingerprint density at radius 3 is 1.64 bits per heavy atom.